The SMILES string of the molecule is CC(CS)COc1ccc(Cl)cc1Br. The Hall–Kier alpha value is 0.140. The molecule has 0 aliphatic heterocycles. The molecule has 4 heteroatoms. The second-order valence-electron chi connectivity index (χ2n) is 3.17. The van der Waals surface area contributed by atoms with E-state index in [1.807, 2.05) is 18.2 Å². The second kappa shape index (κ2) is 5.89. The van der Waals surface area contributed by atoms with Crippen LogP contribution in [0.2, 0.25) is 5.02 Å². The zero-order chi connectivity index (χ0) is 10.6. The summed E-state index contributed by atoms with van der Waals surface area (Å²) in [6.07, 6.45) is 0. The Balaban J connectivity index is 2.59. The molecular weight excluding hydrogens is 284 g/mol. The molecule has 0 saturated heterocycles. The highest BCUT2D eigenvalue weighted by molar-refractivity contribution is 9.10. The van der Waals surface area contributed by atoms with E-state index in [1.165, 1.54) is 0 Å². The van der Waals surface area contributed by atoms with Crippen LogP contribution in [-0.2, 0) is 0 Å². The lowest BCUT2D eigenvalue weighted by atomic mass is 10.2. The highest BCUT2D eigenvalue weighted by Crippen LogP contribution is 2.28. The van der Waals surface area contributed by atoms with Gasteiger partial charge in [-0.25, -0.2) is 0 Å². The second-order valence-corrected chi connectivity index (χ2v) is 4.83. The van der Waals surface area contributed by atoms with Gasteiger partial charge >= 0.3 is 0 Å². The molecule has 0 aliphatic rings. The van der Waals surface area contributed by atoms with Crippen LogP contribution >= 0.6 is 40.2 Å². The Morgan fingerprint density at radius 2 is 2.29 bits per heavy atom. The first kappa shape index (κ1) is 12.2. The molecule has 78 valence electrons. The number of hydrogen-bond donors (Lipinski definition) is 1. The van der Waals surface area contributed by atoms with Crippen LogP contribution in [0.4, 0.5) is 0 Å². The molecule has 1 unspecified atom stereocenters. The van der Waals surface area contributed by atoms with Crippen molar-refractivity contribution < 1.29 is 4.74 Å². The van der Waals surface area contributed by atoms with Crippen LogP contribution in [0, 0.1) is 5.92 Å². The molecule has 0 fully saturated rings. The van der Waals surface area contributed by atoms with E-state index in [1.54, 1.807) is 0 Å². The van der Waals surface area contributed by atoms with Gasteiger partial charge in [0, 0.05) is 5.02 Å². The Bertz CT molecular complexity index is 306. The van der Waals surface area contributed by atoms with E-state index >= 15 is 0 Å². The Labute approximate surface area is 103 Å². The van der Waals surface area contributed by atoms with Gasteiger partial charge in [-0.15, -0.1) is 0 Å². The summed E-state index contributed by atoms with van der Waals surface area (Å²) in [4.78, 5) is 0. The topological polar surface area (TPSA) is 9.23 Å². The lowest BCUT2D eigenvalue weighted by Gasteiger charge is -2.11. The van der Waals surface area contributed by atoms with Crippen molar-refractivity contribution in [3.8, 4) is 5.75 Å². The van der Waals surface area contributed by atoms with E-state index in [0.29, 0.717) is 17.5 Å². The molecule has 1 aromatic rings. The minimum absolute atomic E-state index is 0.445. The molecule has 0 aromatic heterocycles. The molecule has 0 heterocycles. The molecule has 0 amide bonds. The molecule has 0 aliphatic carbocycles. The Morgan fingerprint density at radius 3 is 2.86 bits per heavy atom. The molecule has 14 heavy (non-hydrogen) atoms. The van der Waals surface area contributed by atoms with E-state index < -0.39 is 0 Å². The molecule has 1 atom stereocenters. The normalized spacial score (nSPS) is 12.6. The summed E-state index contributed by atoms with van der Waals surface area (Å²) < 4.78 is 6.48. The molecule has 0 bridgehead atoms. The van der Waals surface area contributed by atoms with Crippen LogP contribution in [0.25, 0.3) is 0 Å². The summed E-state index contributed by atoms with van der Waals surface area (Å²) >= 11 is 13.4. The minimum atomic E-state index is 0.445. The van der Waals surface area contributed by atoms with Crippen molar-refractivity contribution in [3.63, 3.8) is 0 Å². The van der Waals surface area contributed by atoms with Gasteiger partial charge in [-0.05, 0) is 45.8 Å². The maximum Gasteiger partial charge on any atom is 0.133 e. The summed E-state index contributed by atoms with van der Waals surface area (Å²) in [5.74, 6) is 2.09. The Kier molecular flexibility index (Phi) is 5.13. The third-order valence-corrected chi connectivity index (χ3v) is 3.21. The predicted molar refractivity (Wildman–Crippen MR) is 67.7 cm³/mol. The van der Waals surface area contributed by atoms with E-state index in [0.717, 1.165) is 16.0 Å². The van der Waals surface area contributed by atoms with E-state index in [-0.39, 0.29) is 0 Å². The van der Waals surface area contributed by atoms with Crippen LogP contribution in [0.3, 0.4) is 0 Å². The fourth-order valence-corrected chi connectivity index (χ4v) is 1.78. The van der Waals surface area contributed by atoms with Gasteiger partial charge < -0.3 is 4.74 Å². The number of hydrogen-bond acceptors (Lipinski definition) is 2. The maximum absolute atomic E-state index is 5.81. The molecular formula is C10H12BrClOS. The molecule has 0 saturated carbocycles. The molecule has 0 spiro atoms. The first-order valence-corrected chi connectivity index (χ1v) is 6.12. The molecule has 1 aromatic carbocycles. The molecule has 0 N–H and O–H groups in total. The maximum atomic E-state index is 5.81. The van der Waals surface area contributed by atoms with Crippen molar-refractivity contribution >= 4 is 40.2 Å². The van der Waals surface area contributed by atoms with Crippen LogP contribution in [0.1, 0.15) is 6.92 Å². The first-order valence-electron chi connectivity index (χ1n) is 4.32. The number of thiol groups is 1. The zero-order valence-electron chi connectivity index (χ0n) is 7.84. The highest BCUT2D eigenvalue weighted by Gasteiger charge is 2.04. The van der Waals surface area contributed by atoms with E-state index in [2.05, 4.69) is 35.5 Å². The largest absolute Gasteiger partial charge is 0.492 e. The number of benzene rings is 1. The molecule has 1 nitrogen and oxygen atoms in total. The van der Waals surface area contributed by atoms with Crippen LogP contribution in [-0.4, -0.2) is 12.4 Å². The van der Waals surface area contributed by atoms with Crippen LogP contribution in [0.15, 0.2) is 22.7 Å². The molecule has 0 radical (unpaired) electrons. The van der Waals surface area contributed by atoms with Gasteiger partial charge in [0.2, 0.25) is 0 Å². The number of halogens is 2. The van der Waals surface area contributed by atoms with Crippen molar-refractivity contribution in [3.05, 3.63) is 27.7 Å². The first-order chi connectivity index (χ1) is 6.63. The van der Waals surface area contributed by atoms with Crippen molar-refractivity contribution in [2.45, 2.75) is 6.92 Å². The predicted octanol–water partition coefficient (Wildman–Crippen LogP) is 4.05. The number of ether oxygens (including phenoxy) is 1. The van der Waals surface area contributed by atoms with Crippen LogP contribution in [0.5, 0.6) is 5.75 Å². The lowest BCUT2D eigenvalue weighted by Crippen LogP contribution is -2.09. The van der Waals surface area contributed by atoms with Gasteiger partial charge in [-0.3, -0.25) is 0 Å². The van der Waals surface area contributed by atoms with Gasteiger partial charge in [0.15, 0.2) is 0 Å². The van der Waals surface area contributed by atoms with Crippen molar-refractivity contribution in [1.29, 1.82) is 0 Å². The van der Waals surface area contributed by atoms with Gasteiger partial charge in [0.1, 0.15) is 5.75 Å². The van der Waals surface area contributed by atoms with Gasteiger partial charge in [0.25, 0.3) is 0 Å². The monoisotopic (exact) mass is 294 g/mol. The summed E-state index contributed by atoms with van der Waals surface area (Å²) in [6.45, 7) is 2.76. The third kappa shape index (κ3) is 3.71. The quantitative estimate of drug-likeness (QED) is 0.825. The standard InChI is InChI=1S/C10H12BrClOS/c1-7(6-14)5-13-10-3-2-8(12)4-9(10)11/h2-4,7,14H,5-6H2,1H3. The third-order valence-electron chi connectivity index (χ3n) is 1.73. The fourth-order valence-electron chi connectivity index (χ4n) is 0.877. The van der Waals surface area contributed by atoms with Gasteiger partial charge in [-0.1, -0.05) is 18.5 Å². The highest BCUT2D eigenvalue weighted by atomic mass is 79.9. The summed E-state index contributed by atoms with van der Waals surface area (Å²) in [5.41, 5.74) is 0. The number of rotatable bonds is 4. The summed E-state index contributed by atoms with van der Waals surface area (Å²) in [7, 11) is 0. The van der Waals surface area contributed by atoms with Crippen molar-refractivity contribution in [2.75, 3.05) is 12.4 Å². The lowest BCUT2D eigenvalue weighted by molar-refractivity contribution is 0.272. The van der Waals surface area contributed by atoms with Crippen LogP contribution < -0.4 is 4.74 Å². The Morgan fingerprint density at radius 1 is 1.57 bits per heavy atom. The minimum Gasteiger partial charge on any atom is -0.492 e. The average Bonchev–Trinajstić information content (AvgIpc) is 2.16. The molecule has 1 rings (SSSR count). The smallest absolute Gasteiger partial charge is 0.133 e. The van der Waals surface area contributed by atoms with Gasteiger partial charge in [-0.2, -0.15) is 12.6 Å². The van der Waals surface area contributed by atoms with Gasteiger partial charge in [0.05, 0.1) is 11.1 Å². The van der Waals surface area contributed by atoms with E-state index in [9.17, 15) is 0 Å². The summed E-state index contributed by atoms with van der Waals surface area (Å²) in [5, 5.41) is 0.700. The van der Waals surface area contributed by atoms with Crippen molar-refractivity contribution in [2.24, 2.45) is 5.92 Å². The van der Waals surface area contributed by atoms with Crippen molar-refractivity contribution in [1.82, 2.24) is 0 Å². The zero-order valence-corrected chi connectivity index (χ0v) is 11.1. The average molecular weight is 296 g/mol. The fraction of sp³-hybridized carbons (Fsp3) is 0.400. The summed E-state index contributed by atoms with van der Waals surface area (Å²) in [6, 6.07) is 5.49. The van der Waals surface area contributed by atoms with E-state index in [4.69, 9.17) is 16.3 Å².